The van der Waals surface area contributed by atoms with Gasteiger partial charge in [-0.25, -0.2) is 4.98 Å². The molecule has 2 rings (SSSR count). The molecule has 1 saturated heterocycles. The number of anilines is 2. The smallest absolute Gasteiger partial charge is 0.224 e. The van der Waals surface area contributed by atoms with Crippen molar-refractivity contribution in [2.75, 3.05) is 43.9 Å². The fourth-order valence-corrected chi connectivity index (χ4v) is 2.41. The number of hydrogen-bond donors (Lipinski definition) is 2. The summed E-state index contributed by atoms with van der Waals surface area (Å²) in [5.41, 5.74) is 0.997. The van der Waals surface area contributed by atoms with Crippen LogP contribution in [0, 0.1) is 12.8 Å². The van der Waals surface area contributed by atoms with Crippen LogP contribution in [0.5, 0.6) is 0 Å². The maximum Gasteiger partial charge on any atom is 0.224 e. The first-order chi connectivity index (χ1) is 9.17. The van der Waals surface area contributed by atoms with Gasteiger partial charge < -0.3 is 15.5 Å². The van der Waals surface area contributed by atoms with Crippen molar-refractivity contribution in [3.05, 3.63) is 11.8 Å². The van der Waals surface area contributed by atoms with Gasteiger partial charge in [-0.1, -0.05) is 0 Å². The molecular weight excluding hydrogens is 238 g/mol. The number of piperidine rings is 1. The molecule has 1 aliphatic heterocycles. The quantitative estimate of drug-likeness (QED) is 0.850. The largest absolute Gasteiger partial charge is 0.370 e. The number of hydrogen-bond acceptors (Lipinski definition) is 5. The van der Waals surface area contributed by atoms with E-state index >= 15 is 0 Å². The molecule has 1 aromatic heterocycles. The lowest BCUT2D eigenvalue weighted by Crippen LogP contribution is -2.33. The van der Waals surface area contributed by atoms with Crippen molar-refractivity contribution in [2.24, 2.45) is 5.92 Å². The fraction of sp³-hybridized carbons (Fsp3) is 0.714. The number of nitrogens with zero attached hydrogens (tertiary/aromatic N) is 3. The minimum atomic E-state index is 0.716. The van der Waals surface area contributed by atoms with Crippen LogP contribution in [-0.2, 0) is 0 Å². The second-order valence-electron chi connectivity index (χ2n) is 5.38. The highest BCUT2D eigenvalue weighted by atomic mass is 15.1. The lowest BCUT2D eigenvalue weighted by Gasteiger charge is -2.29. The second-order valence-corrected chi connectivity index (χ2v) is 5.38. The number of likely N-dealkylation sites (tertiary alicyclic amines) is 1. The zero-order chi connectivity index (χ0) is 13.7. The number of nitrogens with one attached hydrogen (secondary N) is 2. The van der Waals surface area contributed by atoms with E-state index in [4.69, 9.17) is 0 Å². The van der Waals surface area contributed by atoms with E-state index in [1.54, 1.807) is 0 Å². The van der Waals surface area contributed by atoms with Crippen molar-refractivity contribution >= 4 is 11.8 Å². The van der Waals surface area contributed by atoms with Crippen LogP contribution in [-0.4, -0.2) is 48.1 Å². The van der Waals surface area contributed by atoms with Crippen molar-refractivity contribution in [3.8, 4) is 0 Å². The summed E-state index contributed by atoms with van der Waals surface area (Å²) in [4.78, 5) is 11.2. The Labute approximate surface area is 115 Å². The van der Waals surface area contributed by atoms with Crippen LogP contribution in [0.2, 0.25) is 0 Å². The maximum atomic E-state index is 4.48. The molecule has 0 radical (unpaired) electrons. The molecule has 1 aromatic rings. The summed E-state index contributed by atoms with van der Waals surface area (Å²) in [6.07, 6.45) is 2.54. The zero-order valence-electron chi connectivity index (χ0n) is 12.2. The molecule has 1 fully saturated rings. The van der Waals surface area contributed by atoms with Crippen LogP contribution >= 0.6 is 0 Å². The SMILES string of the molecule is CCNc1nc(C)cc(NCC2CCN(C)CC2)n1. The Morgan fingerprint density at radius 3 is 2.68 bits per heavy atom. The minimum absolute atomic E-state index is 0.716. The van der Waals surface area contributed by atoms with Crippen LogP contribution in [0.1, 0.15) is 25.5 Å². The van der Waals surface area contributed by atoms with E-state index in [1.165, 1.54) is 25.9 Å². The predicted molar refractivity (Wildman–Crippen MR) is 79.6 cm³/mol. The molecule has 5 heteroatoms. The van der Waals surface area contributed by atoms with Gasteiger partial charge in [-0.3, -0.25) is 0 Å². The Morgan fingerprint density at radius 1 is 1.26 bits per heavy atom. The molecule has 0 atom stereocenters. The minimum Gasteiger partial charge on any atom is -0.370 e. The Hall–Kier alpha value is -1.36. The van der Waals surface area contributed by atoms with Gasteiger partial charge in [0.2, 0.25) is 5.95 Å². The van der Waals surface area contributed by atoms with E-state index in [1.807, 2.05) is 13.0 Å². The first kappa shape index (κ1) is 14.1. The molecule has 106 valence electrons. The first-order valence-corrected chi connectivity index (χ1v) is 7.19. The number of aromatic nitrogens is 2. The van der Waals surface area contributed by atoms with Crippen molar-refractivity contribution < 1.29 is 0 Å². The molecule has 19 heavy (non-hydrogen) atoms. The average molecular weight is 263 g/mol. The highest BCUT2D eigenvalue weighted by Crippen LogP contribution is 2.17. The Morgan fingerprint density at radius 2 is 2.00 bits per heavy atom. The van der Waals surface area contributed by atoms with E-state index in [0.717, 1.165) is 30.5 Å². The Balaban J connectivity index is 1.88. The van der Waals surface area contributed by atoms with Gasteiger partial charge in [0.1, 0.15) is 5.82 Å². The molecule has 1 aliphatic rings. The van der Waals surface area contributed by atoms with Crippen LogP contribution in [0.25, 0.3) is 0 Å². The fourth-order valence-electron chi connectivity index (χ4n) is 2.41. The highest BCUT2D eigenvalue weighted by Gasteiger charge is 2.16. The van der Waals surface area contributed by atoms with Gasteiger partial charge in [-0.15, -0.1) is 0 Å². The van der Waals surface area contributed by atoms with Gasteiger partial charge >= 0.3 is 0 Å². The number of rotatable bonds is 5. The zero-order valence-corrected chi connectivity index (χ0v) is 12.2. The predicted octanol–water partition coefficient (Wildman–Crippen LogP) is 1.97. The molecule has 2 N–H and O–H groups in total. The van der Waals surface area contributed by atoms with E-state index < -0.39 is 0 Å². The monoisotopic (exact) mass is 263 g/mol. The summed E-state index contributed by atoms with van der Waals surface area (Å²) >= 11 is 0. The van der Waals surface area contributed by atoms with E-state index in [-0.39, 0.29) is 0 Å². The van der Waals surface area contributed by atoms with E-state index in [2.05, 4.69) is 39.5 Å². The third kappa shape index (κ3) is 4.35. The van der Waals surface area contributed by atoms with Crippen LogP contribution in [0.4, 0.5) is 11.8 Å². The van der Waals surface area contributed by atoms with Crippen LogP contribution < -0.4 is 10.6 Å². The van der Waals surface area contributed by atoms with Gasteiger partial charge in [0.25, 0.3) is 0 Å². The molecule has 0 bridgehead atoms. The Bertz CT molecular complexity index is 399. The Kier molecular flexibility index (Phi) is 4.96. The van der Waals surface area contributed by atoms with Crippen molar-refractivity contribution in [2.45, 2.75) is 26.7 Å². The van der Waals surface area contributed by atoms with E-state index in [0.29, 0.717) is 5.95 Å². The third-order valence-electron chi connectivity index (χ3n) is 3.60. The standard InChI is InChI=1S/C14H25N5/c1-4-15-14-17-11(2)9-13(18-14)16-10-12-5-7-19(3)8-6-12/h9,12H,4-8,10H2,1-3H3,(H2,15,16,17,18). The maximum absolute atomic E-state index is 4.48. The van der Waals surface area contributed by atoms with E-state index in [9.17, 15) is 0 Å². The summed E-state index contributed by atoms with van der Waals surface area (Å²) in [5.74, 6) is 2.41. The lowest BCUT2D eigenvalue weighted by molar-refractivity contribution is 0.226. The van der Waals surface area contributed by atoms with Gasteiger partial charge in [-0.2, -0.15) is 4.98 Å². The molecule has 0 spiro atoms. The normalized spacial score (nSPS) is 17.4. The number of aryl methyl sites for hydroxylation is 1. The third-order valence-corrected chi connectivity index (χ3v) is 3.60. The lowest BCUT2D eigenvalue weighted by atomic mass is 9.97. The summed E-state index contributed by atoms with van der Waals surface area (Å²) in [6, 6.07) is 2.01. The summed E-state index contributed by atoms with van der Waals surface area (Å²) < 4.78 is 0. The molecule has 0 amide bonds. The molecule has 0 aliphatic carbocycles. The average Bonchev–Trinajstić information content (AvgIpc) is 2.38. The van der Waals surface area contributed by atoms with Crippen molar-refractivity contribution in [1.29, 1.82) is 0 Å². The summed E-state index contributed by atoms with van der Waals surface area (Å²) in [7, 11) is 2.19. The van der Waals surface area contributed by atoms with Gasteiger partial charge in [0.05, 0.1) is 0 Å². The van der Waals surface area contributed by atoms with Crippen molar-refractivity contribution in [3.63, 3.8) is 0 Å². The van der Waals surface area contributed by atoms with Gasteiger partial charge in [0, 0.05) is 24.8 Å². The molecule has 2 heterocycles. The molecular formula is C14H25N5. The van der Waals surface area contributed by atoms with Crippen LogP contribution in [0.3, 0.4) is 0 Å². The molecule has 0 saturated carbocycles. The molecule has 0 unspecified atom stereocenters. The van der Waals surface area contributed by atoms with Gasteiger partial charge in [0.15, 0.2) is 0 Å². The second kappa shape index (κ2) is 6.70. The topological polar surface area (TPSA) is 53.1 Å². The summed E-state index contributed by atoms with van der Waals surface area (Å²) in [5, 5.41) is 6.62. The molecule has 5 nitrogen and oxygen atoms in total. The highest BCUT2D eigenvalue weighted by molar-refractivity contribution is 5.42. The first-order valence-electron chi connectivity index (χ1n) is 7.19. The van der Waals surface area contributed by atoms with Crippen LogP contribution in [0.15, 0.2) is 6.07 Å². The molecule has 0 aromatic carbocycles. The summed E-state index contributed by atoms with van der Waals surface area (Å²) in [6.45, 7) is 8.32. The van der Waals surface area contributed by atoms with Crippen molar-refractivity contribution in [1.82, 2.24) is 14.9 Å². The van der Waals surface area contributed by atoms with Gasteiger partial charge in [-0.05, 0) is 52.7 Å².